The number of thioether (sulfide) groups is 1. The Labute approximate surface area is 109 Å². The quantitative estimate of drug-likeness (QED) is 0.658. The van der Waals surface area contributed by atoms with E-state index in [0.717, 1.165) is 4.90 Å². The third-order valence-corrected chi connectivity index (χ3v) is 3.53. The lowest BCUT2D eigenvalue weighted by molar-refractivity contribution is -0.136. The third-order valence-electron chi connectivity index (χ3n) is 2.11. The maximum atomic E-state index is 11.4. The summed E-state index contributed by atoms with van der Waals surface area (Å²) in [6.45, 7) is 3.29. The molecule has 3 nitrogen and oxygen atoms in total. The molecular weight excluding hydrogens is 260 g/mol. The van der Waals surface area contributed by atoms with Crippen LogP contribution in [0, 0.1) is 0 Å². The molecule has 1 N–H and O–H groups in total. The van der Waals surface area contributed by atoms with Crippen molar-refractivity contribution in [3.05, 3.63) is 28.8 Å². The molecule has 0 radical (unpaired) electrons. The minimum Gasteiger partial charge on any atom is -0.481 e. The Bertz CT molecular complexity index is 445. The van der Waals surface area contributed by atoms with Gasteiger partial charge in [0.2, 0.25) is 0 Å². The molecular formula is C12H13ClO3S. The summed E-state index contributed by atoms with van der Waals surface area (Å²) in [7, 11) is 0. The lowest BCUT2D eigenvalue weighted by Gasteiger charge is -2.11. The highest BCUT2D eigenvalue weighted by Crippen LogP contribution is 2.30. The normalized spacial score (nSPS) is 12.2. The second-order valence-electron chi connectivity index (χ2n) is 3.72. The van der Waals surface area contributed by atoms with E-state index in [4.69, 9.17) is 16.7 Å². The summed E-state index contributed by atoms with van der Waals surface area (Å²) in [4.78, 5) is 22.8. The lowest BCUT2D eigenvalue weighted by Crippen LogP contribution is -2.06. The number of hydrogen-bond donors (Lipinski definition) is 1. The molecule has 17 heavy (non-hydrogen) atoms. The fourth-order valence-electron chi connectivity index (χ4n) is 1.38. The Morgan fingerprint density at radius 2 is 2.12 bits per heavy atom. The van der Waals surface area contributed by atoms with Gasteiger partial charge in [0.1, 0.15) is 0 Å². The van der Waals surface area contributed by atoms with Crippen LogP contribution in [0.4, 0.5) is 0 Å². The summed E-state index contributed by atoms with van der Waals surface area (Å²) in [5.74, 6) is -0.916. The third kappa shape index (κ3) is 4.40. The van der Waals surface area contributed by atoms with Gasteiger partial charge in [-0.1, -0.05) is 18.5 Å². The Hall–Kier alpha value is -1.00. The van der Waals surface area contributed by atoms with E-state index < -0.39 is 5.97 Å². The number of hydrogen-bond acceptors (Lipinski definition) is 3. The highest BCUT2D eigenvalue weighted by molar-refractivity contribution is 8.00. The molecule has 0 aliphatic carbocycles. The van der Waals surface area contributed by atoms with Crippen LogP contribution in [0.3, 0.4) is 0 Å². The molecule has 1 rings (SSSR count). The number of carbonyl (C=O) groups excluding carboxylic acids is 1. The number of aliphatic carboxylic acids is 1. The number of Topliss-reactive ketones (excluding diaryl/α,β-unsaturated/α-hetero) is 1. The van der Waals surface area contributed by atoms with Crippen LogP contribution in [-0.2, 0) is 4.79 Å². The predicted octanol–water partition coefficient (Wildman–Crippen LogP) is 3.50. The number of halogens is 1. The van der Waals surface area contributed by atoms with Gasteiger partial charge in [0.15, 0.2) is 5.78 Å². The fourth-order valence-corrected chi connectivity index (χ4v) is 2.69. The summed E-state index contributed by atoms with van der Waals surface area (Å²) < 4.78 is 0. The van der Waals surface area contributed by atoms with Crippen LogP contribution in [0.1, 0.15) is 30.6 Å². The number of ketones is 1. The van der Waals surface area contributed by atoms with Gasteiger partial charge in [-0.2, -0.15) is 0 Å². The minimum absolute atomic E-state index is 0.0602. The second kappa shape index (κ2) is 6.07. The van der Waals surface area contributed by atoms with Crippen molar-refractivity contribution in [2.24, 2.45) is 0 Å². The zero-order valence-electron chi connectivity index (χ0n) is 9.57. The molecule has 0 saturated heterocycles. The number of carboxylic acid groups (broad SMARTS) is 1. The largest absolute Gasteiger partial charge is 0.481 e. The van der Waals surface area contributed by atoms with E-state index in [-0.39, 0.29) is 17.5 Å². The molecule has 0 spiro atoms. The van der Waals surface area contributed by atoms with Crippen molar-refractivity contribution < 1.29 is 14.7 Å². The van der Waals surface area contributed by atoms with E-state index in [1.807, 2.05) is 6.92 Å². The van der Waals surface area contributed by atoms with Crippen molar-refractivity contribution in [1.82, 2.24) is 0 Å². The standard InChI is InChI=1S/C12H13ClO3S/c1-7(5-12(15)16)17-11-4-3-9(13)6-10(11)8(2)14/h3-4,6-7H,5H2,1-2H3,(H,15,16). The van der Waals surface area contributed by atoms with E-state index >= 15 is 0 Å². The van der Waals surface area contributed by atoms with Crippen LogP contribution in [0.15, 0.2) is 23.1 Å². The van der Waals surface area contributed by atoms with Crippen molar-refractivity contribution >= 4 is 35.1 Å². The molecule has 5 heteroatoms. The van der Waals surface area contributed by atoms with Gasteiger partial charge in [0.25, 0.3) is 0 Å². The molecule has 0 fully saturated rings. The van der Waals surface area contributed by atoms with Crippen molar-refractivity contribution in [3.8, 4) is 0 Å². The molecule has 1 aromatic rings. The van der Waals surface area contributed by atoms with Gasteiger partial charge >= 0.3 is 5.97 Å². The van der Waals surface area contributed by atoms with Gasteiger partial charge in [-0.3, -0.25) is 9.59 Å². The van der Waals surface area contributed by atoms with E-state index in [2.05, 4.69) is 0 Å². The fraction of sp³-hybridized carbons (Fsp3) is 0.333. The van der Waals surface area contributed by atoms with E-state index in [1.54, 1.807) is 18.2 Å². The summed E-state index contributed by atoms with van der Waals surface area (Å²) in [6, 6.07) is 5.06. The molecule has 0 amide bonds. The molecule has 1 atom stereocenters. The first kappa shape index (κ1) is 14.1. The van der Waals surface area contributed by atoms with Crippen LogP contribution in [0.5, 0.6) is 0 Å². The smallest absolute Gasteiger partial charge is 0.304 e. The van der Waals surface area contributed by atoms with Crippen molar-refractivity contribution in [3.63, 3.8) is 0 Å². The summed E-state index contributed by atoms with van der Waals surface area (Å²) in [5.41, 5.74) is 0.541. The monoisotopic (exact) mass is 272 g/mol. The number of carbonyl (C=O) groups is 2. The highest BCUT2D eigenvalue weighted by Gasteiger charge is 2.14. The van der Waals surface area contributed by atoms with Crippen LogP contribution in [0.25, 0.3) is 0 Å². The molecule has 1 unspecified atom stereocenters. The first-order valence-corrected chi connectivity index (χ1v) is 6.35. The van der Waals surface area contributed by atoms with E-state index in [9.17, 15) is 9.59 Å². The van der Waals surface area contributed by atoms with Gasteiger partial charge in [-0.05, 0) is 25.1 Å². The predicted molar refractivity (Wildman–Crippen MR) is 69.0 cm³/mol. The highest BCUT2D eigenvalue weighted by atomic mass is 35.5. The van der Waals surface area contributed by atoms with E-state index in [0.29, 0.717) is 10.6 Å². The average Bonchev–Trinajstić information content (AvgIpc) is 2.19. The molecule has 92 valence electrons. The number of carboxylic acids is 1. The van der Waals surface area contributed by atoms with Gasteiger partial charge in [0, 0.05) is 20.7 Å². The van der Waals surface area contributed by atoms with Crippen molar-refractivity contribution in [2.45, 2.75) is 30.4 Å². The van der Waals surface area contributed by atoms with Crippen LogP contribution >= 0.6 is 23.4 Å². The molecule has 0 heterocycles. The lowest BCUT2D eigenvalue weighted by atomic mass is 10.1. The Balaban J connectivity index is 2.90. The van der Waals surface area contributed by atoms with Crippen LogP contribution < -0.4 is 0 Å². The average molecular weight is 273 g/mol. The summed E-state index contributed by atoms with van der Waals surface area (Å²) in [6.07, 6.45) is 0.0602. The number of rotatable bonds is 5. The van der Waals surface area contributed by atoms with Crippen molar-refractivity contribution in [1.29, 1.82) is 0 Å². The van der Waals surface area contributed by atoms with Crippen LogP contribution in [0.2, 0.25) is 5.02 Å². The molecule has 0 aliphatic heterocycles. The van der Waals surface area contributed by atoms with Gasteiger partial charge in [-0.15, -0.1) is 11.8 Å². The first-order valence-electron chi connectivity index (χ1n) is 5.09. The minimum atomic E-state index is -0.844. The second-order valence-corrected chi connectivity index (χ2v) is 5.64. The molecule has 0 aromatic heterocycles. The summed E-state index contributed by atoms with van der Waals surface area (Å²) in [5, 5.41) is 9.10. The Morgan fingerprint density at radius 3 is 2.65 bits per heavy atom. The summed E-state index contributed by atoms with van der Waals surface area (Å²) >= 11 is 7.20. The van der Waals surface area contributed by atoms with Gasteiger partial charge < -0.3 is 5.11 Å². The van der Waals surface area contributed by atoms with Gasteiger partial charge in [0.05, 0.1) is 6.42 Å². The SMILES string of the molecule is CC(=O)c1cc(Cl)ccc1SC(C)CC(=O)O. The Morgan fingerprint density at radius 1 is 1.47 bits per heavy atom. The maximum absolute atomic E-state index is 11.4. The number of benzene rings is 1. The van der Waals surface area contributed by atoms with Gasteiger partial charge in [-0.25, -0.2) is 0 Å². The molecule has 0 saturated carbocycles. The van der Waals surface area contributed by atoms with Crippen molar-refractivity contribution in [2.75, 3.05) is 0 Å². The topological polar surface area (TPSA) is 54.4 Å². The first-order chi connectivity index (χ1) is 7.90. The Kier molecular flexibility index (Phi) is 5.02. The maximum Gasteiger partial charge on any atom is 0.304 e. The zero-order chi connectivity index (χ0) is 13.0. The van der Waals surface area contributed by atoms with Crippen LogP contribution in [-0.4, -0.2) is 22.1 Å². The molecule has 0 aliphatic rings. The molecule has 0 bridgehead atoms. The zero-order valence-corrected chi connectivity index (χ0v) is 11.1. The van der Waals surface area contributed by atoms with E-state index in [1.165, 1.54) is 18.7 Å². The molecule has 1 aromatic carbocycles.